The van der Waals surface area contributed by atoms with E-state index in [0.29, 0.717) is 6.54 Å². The first kappa shape index (κ1) is 14.6. The van der Waals surface area contributed by atoms with Gasteiger partial charge in [0.2, 0.25) is 10.0 Å². The number of ether oxygens (including phenoxy) is 1. The minimum Gasteiger partial charge on any atom is -0.384 e. The molecule has 17 heavy (non-hydrogen) atoms. The molecule has 0 aromatic heterocycles. The lowest BCUT2D eigenvalue weighted by atomic mass is 10.2. The lowest BCUT2D eigenvalue weighted by Crippen LogP contribution is -2.27. The molecule has 0 aliphatic rings. The third-order valence-electron chi connectivity index (χ3n) is 2.23. The number of methoxy groups -OCH3 is 1. The van der Waals surface area contributed by atoms with E-state index in [0.717, 1.165) is 16.5 Å². The van der Waals surface area contributed by atoms with E-state index in [2.05, 4.69) is 20.7 Å². The number of hydrogen-bond donors (Lipinski definition) is 1. The molecule has 96 valence electrons. The number of sulfonamides is 1. The summed E-state index contributed by atoms with van der Waals surface area (Å²) < 4.78 is 30.2. The molecular formula is C11H16BrNO3S. The van der Waals surface area contributed by atoms with Crippen molar-refractivity contribution in [2.45, 2.75) is 11.9 Å². The summed E-state index contributed by atoms with van der Waals surface area (Å²) in [7, 11) is -1.76. The fourth-order valence-corrected chi connectivity index (χ4v) is 2.50. The highest BCUT2D eigenvalue weighted by atomic mass is 79.9. The lowest BCUT2D eigenvalue weighted by molar-refractivity contribution is 0.217. The normalized spacial score (nSPS) is 11.6. The maximum atomic E-state index is 11.5. The van der Waals surface area contributed by atoms with Gasteiger partial charge >= 0.3 is 0 Å². The van der Waals surface area contributed by atoms with Crippen LogP contribution in [0.1, 0.15) is 11.1 Å². The highest BCUT2D eigenvalue weighted by Gasteiger charge is 2.08. The molecule has 6 heteroatoms. The Morgan fingerprint density at radius 2 is 1.82 bits per heavy atom. The molecule has 0 amide bonds. The zero-order valence-corrected chi connectivity index (χ0v) is 12.1. The van der Waals surface area contributed by atoms with Crippen LogP contribution in [0.4, 0.5) is 0 Å². The Kier molecular flexibility index (Phi) is 6.11. The van der Waals surface area contributed by atoms with E-state index in [1.807, 2.05) is 24.3 Å². The molecule has 0 fully saturated rings. The summed E-state index contributed by atoms with van der Waals surface area (Å²) in [4.78, 5) is 0. The largest absolute Gasteiger partial charge is 0.384 e. The molecule has 0 saturated carbocycles. The van der Waals surface area contributed by atoms with Gasteiger partial charge in [0.15, 0.2) is 0 Å². The number of hydrogen-bond acceptors (Lipinski definition) is 3. The molecule has 0 aliphatic heterocycles. The second-order valence-electron chi connectivity index (χ2n) is 3.58. The smallest absolute Gasteiger partial charge is 0.214 e. The van der Waals surface area contributed by atoms with Crippen molar-refractivity contribution in [1.82, 2.24) is 4.72 Å². The Bertz CT molecular complexity index is 431. The zero-order chi connectivity index (χ0) is 12.7. The second kappa shape index (κ2) is 7.10. The van der Waals surface area contributed by atoms with Crippen LogP contribution in [-0.4, -0.2) is 27.9 Å². The molecule has 0 unspecified atom stereocenters. The summed E-state index contributed by atoms with van der Waals surface area (Å²) in [5.74, 6) is -0.0109. The molecule has 0 saturated heterocycles. The first-order valence-electron chi connectivity index (χ1n) is 5.17. The van der Waals surface area contributed by atoms with Crippen LogP contribution < -0.4 is 4.72 Å². The lowest BCUT2D eigenvalue weighted by Gasteiger charge is -2.06. The van der Waals surface area contributed by atoms with Gasteiger partial charge in [-0.05, 0) is 11.1 Å². The summed E-state index contributed by atoms with van der Waals surface area (Å²) in [6, 6.07) is 7.76. The average molecular weight is 322 g/mol. The van der Waals surface area contributed by atoms with Gasteiger partial charge in [0.1, 0.15) is 0 Å². The highest BCUT2D eigenvalue weighted by Crippen LogP contribution is 2.07. The minimum absolute atomic E-state index is 0.0109. The Morgan fingerprint density at radius 1 is 1.24 bits per heavy atom. The Morgan fingerprint density at radius 3 is 2.35 bits per heavy atom. The van der Waals surface area contributed by atoms with Gasteiger partial charge in [-0.1, -0.05) is 40.2 Å². The first-order chi connectivity index (χ1) is 8.07. The van der Waals surface area contributed by atoms with Crippen LogP contribution in [-0.2, 0) is 26.6 Å². The molecule has 0 heterocycles. The van der Waals surface area contributed by atoms with Crippen LogP contribution in [0.25, 0.3) is 0 Å². The average Bonchev–Trinajstić information content (AvgIpc) is 2.35. The van der Waals surface area contributed by atoms with E-state index in [1.54, 1.807) is 0 Å². The third kappa shape index (κ3) is 5.63. The van der Waals surface area contributed by atoms with E-state index >= 15 is 0 Å². The van der Waals surface area contributed by atoms with E-state index in [-0.39, 0.29) is 12.4 Å². The molecule has 1 N–H and O–H groups in total. The van der Waals surface area contributed by atoms with Crippen LogP contribution in [0.5, 0.6) is 0 Å². The highest BCUT2D eigenvalue weighted by molar-refractivity contribution is 9.08. The molecule has 0 atom stereocenters. The minimum atomic E-state index is -3.24. The zero-order valence-electron chi connectivity index (χ0n) is 9.65. The van der Waals surface area contributed by atoms with E-state index in [4.69, 9.17) is 4.74 Å². The summed E-state index contributed by atoms with van der Waals surface area (Å²) in [5.41, 5.74) is 2.10. The predicted molar refractivity (Wildman–Crippen MR) is 71.6 cm³/mol. The van der Waals surface area contributed by atoms with Crippen molar-refractivity contribution >= 4 is 26.0 Å². The van der Waals surface area contributed by atoms with Crippen molar-refractivity contribution in [3.05, 3.63) is 35.4 Å². The number of alkyl halides is 1. The van der Waals surface area contributed by atoms with Gasteiger partial charge in [-0.25, -0.2) is 13.1 Å². The van der Waals surface area contributed by atoms with Crippen molar-refractivity contribution in [1.29, 1.82) is 0 Å². The van der Waals surface area contributed by atoms with Crippen LogP contribution in [0.15, 0.2) is 24.3 Å². The Balaban J connectivity index is 2.49. The van der Waals surface area contributed by atoms with Crippen LogP contribution in [0.3, 0.4) is 0 Å². The second-order valence-corrected chi connectivity index (χ2v) is 6.07. The molecule has 1 rings (SSSR count). The molecule has 1 aromatic rings. The molecule has 0 aliphatic carbocycles. The van der Waals surface area contributed by atoms with E-state index in [9.17, 15) is 8.42 Å². The van der Waals surface area contributed by atoms with Gasteiger partial charge in [0, 0.05) is 19.0 Å². The topological polar surface area (TPSA) is 55.4 Å². The van der Waals surface area contributed by atoms with Gasteiger partial charge in [-0.15, -0.1) is 0 Å². The van der Waals surface area contributed by atoms with E-state index < -0.39 is 10.0 Å². The fraction of sp³-hybridized carbons (Fsp3) is 0.455. The quantitative estimate of drug-likeness (QED) is 0.777. The number of halogens is 1. The molecule has 0 radical (unpaired) electrons. The summed E-state index contributed by atoms with van der Waals surface area (Å²) >= 11 is 3.36. The standard InChI is InChI=1S/C11H16BrNO3S/c1-16-6-7-17(14,15)13-9-11-4-2-10(8-12)3-5-11/h2-5,13H,6-9H2,1H3. The van der Waals surface area contributed by atoms with Crippen LogP contribution in [0.2, 0.25) is 0 Å². The number of nitrogens with one attached hydrogen (secondary N) is 1. The van der Waals surface area contributed by atoms with Crippen molar-refractivity contribution < 1.29 is 13.2 Å². The Labute approximate surface area is 111 Å². The fourth-order valence-electron chi connectivity index (χ4n) is 1.20. The maximum Gasteiger partial charge on any atom is 0.214 e. The Hall–Kier alpha value is -0.430. The van der Waals surface area contributed by atoms with Gasteiger partial charge in [-0.3, -0.25) is 0 Å². The summed E-state index contributed by atoms with van der Waals surface area (Å²) in [6.07, 6.45) is 0. The predicted octanol–water partition coefficient (Wildman–Crippen LogP) is 1.65. The van der Waals surface area contributed by atoms with Gasteiger partial charge < -0.3 is 4.74 Å². The SMILES string of the molecule is COCCS(=O)(=O)NCc1ccc(CBr)cc1. The summed E-state index contributed by atoms with van der Waals surface area (Å²) in [6.45, 7) is 0.520. The number of benzene rings is 1. The first-order valence-corrected chi connectivity index (χ1v) is 7.95. The van der Waals surface area contributed by atoms with Gasteiger partial charge in [0.25, 0.3) is 0 Å². The van der Waals surface area contributed by atoms with Crippen LogP contribution >= 0.6 is 15.9 Å². The van der Waals surface area contributed by atoms with Crippen molar-refractivity contribution in [3.63, 3.8) is 0 Å². The monoisotopic (exact) mass is 321 g/mol. The number of rotatable bonds is 7. The molecule has 4 nitrogen and oxygen atoms in total. The van der Waals surface area contributed by atoms with Gasteiger partial charge in [0.05, 0.1) is 12.4 Å². The molecular weight excluding hydrogens is 306 g/mol. The van der Waals surface area contributed by atoms with Crippen molar-refractivity contribution in [3.8, 4) is 0 Å². The molecule has 0 bridgehead atoms. The van der Waals surface area contributed by atoms with Gasteiger partial charge in [-0.2, -0.15) is 0 Å². The van der Waals surface area contributed by atoms with Crippen LogP contribution in [0, 0.1) is 0 Å². The molecule has 1 aromatic carbocycles. The summed E-state index contributed by atoms with van der Waals surface area (Å²) in [5, 5.41) is 0.798. The van der Waals surface area contributed by atoms with Crippen molar-refractivity contribution in [2.24, 2.45) is 0 Å². The maximum absolute atomic E-state index is 11.5. The molecule has 0 spiro atoms. The third-order valence-corrected chi connectivity index (χ3v) is 4.17. The van der Waals surface area contributed by atoms with E-state index in [1.165, 1.54) is 7.11 Å². The van der Waals surface area contributed by atoms with Crippen molar-refractivity contribution in [2.75, 3.05) is 19.5 Å².